The molecule has 0 spiro atoms. The van der Waals surface area contributed by atoms with Gasteiger partial charge in [-0.25, -0.2) is 0 Å². The maximum absolute atomic E-state index is 12.9. The number of allylic oxidation sites excluding steroid dienone is 4. The summed E-state index contributed by atoms with van der Waals surface area (Å²) in [6, 6.07) is 3.22. The number of hydrogen-bond acceptors (Lipinski definition) is 5. The molecule has 8 heteroatoms. The fraction of sp³-hybridized carbons (Fsp3) is 0.333. The Hall–Kier alpha value is -2.44. The van der Waals surface area contributed by atoms with Gasteiger partial charge in [0.05, 0.1) is 14.2 Å². The molecule has 0 bridgehead atoms. The molecule has 1 N–H and O–H groups in total. The zero-order chi connectivity index (χ0) is 21.6. The minimum atomic E-state index is -1.68. The van der Waals surface area contributed by atoms with Crippen molar-refractivity contribution in [2.45, 2.75) is 16.2 Å². The second kappa shape index (κ2) is 7.43. The molecule has 6 nitrogen and oxygen atoms in total. The zero-order valence-corrected chi connectivity index (χ0v) is 17.8. The molecule has 1 aliphatic heterocycles. The lowest BCUT2D eigenvalue weighted by Gasteiger charge is -2.40. The van der Waals surface area contributed by atoms with E-state index in [0.29, 0.717) is 11.1 Å². The van der Waals surface area contributed by atoms with Crippen LogP contribution in [0, 0.1) is 5.92 Å². The summed E-state index contributed by atoms with van der Waals surface area (Å²) in [6.45, 7) is 3.80. The normalized spacial score (nSPS) is 29.1. The number of phenols is 1. The van der Waals surface area contributed by atoms with E-state index in [1.807, 2.05) is 0 Å². The number of benzene rings is 1. The fourth-order valence-corrected chi connectivity index (χ4v) is 4.71. The standard InChI is InChI=1S/C21H21Cl2NO5/c1-5-13-8-9-20(22)18(26)24(2)19(27)21(20,23)14(13)7-6-12-10-15(28-3)17(25)16(11-12)29-4/h5-8,10-11,14,25H,1,9H2,2-4H3/t14-,20+,21-/m0/s1. The van der Waals surface area contributed by atoms with Gasteiger partial charge in [-0.05, 0) is 29.7 Å². The monoisotopic (exact) mass is 437 g/mol. The molecule has 0 unspecified atom stereocenters. The number of methoxy groups -OCH3 is 2. The number of halogens is 2. The number of nitrogens with zero attached hydrogens (tertiary/aromatic N) is 1. The van der Waals surface area contributed by atoms with Gasteiger partial charge in [-0.15, -0.1) is 23.2 Å². The third-order valence-corrected chi connectivity index (χ3v) is 6.89. The Morgan fingerprint density at radius 2 is 1.79 bits per heavy atom. The van der Waals surface area contributed by atoms with E-state index in [0.717, 1.165) is 4.90 Å². The van der Waals surface area contributed by atoms with Gasteiger partial charge in [0, 0.05) is 13.0 Å². The van der Waals surface area contributed by atoms with Gasteiger partial charge in [0.1, 0.15) is 0 Å². The van der Waals surface area contributed by atoms with Crippen molar-refractivity contribution in [1.29, 1.82) is 0 Å². The number of ether oxygens (including phenoxy) is 2. The van der Waals surface area contributed by atoms with Crippen LogP contribution in [-0.4, -0.2) is 52.8 Å². The highest BCUT2D eigenvalue weighted by Gasteiger charge is 2.71. The summed E-state index contributed by atoms with van der Waals surface area (Å²) < 4.78 is 10.3. The van der Waals surface area contributed by atoms with Crippen LogP contribution in [0.4, 0.5) is 0 Å². The molecule has 1 aliphatic carbocycles. The van der Waals surface area contributed by atoms with Crippen LogP contribution in [-0.2, 0) is 9.59 Å². The maximum atomic E-state index is 12.9. The maximum Gasteiger partial charge on any atom is 0.253 e. The molecular weight excluding hydrogens is 417 g/mol. The molecule has 0 saturated carbocycles. The van der Waals surface area contributed by atoms with Crippen LogP contribution in [0.5, 0.6) is 17.2 Å². The van der Waals surface area contributed by atoms with Crippen LogP contribution in [0.15, 0.2) is 42.5 Å². The number of aromatic hydroxyl groups is 1. The Morgan fingerprint density at radius 1 is 1.21 bits per heavy atom. The van der Waals surface area contributed by atoms with Crippen molar-refractivity contribution in [2.24, 2.45) is 5.92 Å². The van der Waals surface area contributed by atoms with Crippen LogP contribution in [0.2, 0.25) is 0 Å². The molecule has 2 aliphatic rings. The molecular formula is C21H21Cl2NO5. The first-order chi connectivity index (χ1) is 13.6. The Kier molecular flexibility index (Phi) is 5.45. The van der Waals surface area contributed by atoms with Gasteiger partial charge < -0.3 is 14.6 Å². The van der Waals surface area contributed by atoms with Crippen LogP contribution in [0.3, 0.4) is 0 Å². The van der Waals surface area contributed by atoms with Gasteiger partial charge in [0.15, 0.2) is 21.2 Å². The first-order valence-corrected chi connectivity index (χ1v) is 9.57. The highest BCUT2D eigenvalue weighted by molar-refractivity contribution is 6.53. The number of alkyl halides is 2. The van der Waals surface area contributed by atoms with Crippen LogP contribution in [0.25, 0.3) is 6.08 Å². The van der Waals surface area contributed by atoms with E-state index in [9.17, 15) is 14.7 Å². The third-order valence-electron chi connectivity index (χ3n) is 5.46. The minimum Gasteiger partial charge on any atom is -0.502 e. The lowest BCUT2D eigenvalue weighted by Crippen LogP contribution is -2.55. The zero-order valence-electron chi connectivity index (χ0n) is 16.2. The Morgan fingerprint density at radius 3 is 2.31 bits per heavy atom. The summed E-state index contributed by atoms with van der Waals surface area (Å²) in [4.78, 5) is 23.3. The number of likely N-dealkylation sites (tertiary alicyclic amines) is 1. The fourth-order valence-electron chi connectivity index (χ4n) is 3.83. The van der Waals surface area contributed by atoms with Crippen molar-refractivity contribution in [2.75, 3.05) is 21.3 Å². The molecule has 1 aromatic rings. The summed E-state index contributed by atoms with van der Waals surface area (Å²) in [6.07, 6.45) is 6.91. The van der Waals surface area contributed by atoms with Crippen molar-refractivity contribution in [3.63, 3.8) is 0 Å². The number of fused-ring (bicyclic) bond motifs is 1. The second-order valence-corrected chi connectivity index (χ2v) is 8.15. The quantitative estimate of drug-likeness (QED) is 0.563. The predicted octanol–water partition coefficient (Wildman–Crippen LogP) is 3.51. The molecule has 1 heterocycles. The van der Waals surface area contributed by atoms with Crippen LogP contribution >= 0.6 is 23.2 Å². The molecule has 3 atom stereocenters. The molecule has 154 valence electrons. The Balaban J connectivity index is 2.10. The van der Waals surface area contributed by atoms with E-state index in [2.05, 4.69) is 6.58 Å². The van der Waals surface area contributed by atoms with E-state index in [-0.39, 0.29) is 23.7 Å². The highest BCUT2D eigenvalue weighted by atomic mass is 35.5. The highest BCUT2D eigenvalue weighted by Crippen LogP contribution is 2.56. The summed E-state index contributed by atoms with van der Waals surface area (Å²) in [5, 5.41) is 10.1. The lowest BCUT2D eigenvalue weighted by molar-refractivity contribution is -0.137. The van der Waals surface area contributed by atoms with Gasteiger partial charge in [0.2, 0.25) is 5.75 Å². The van der Waals surface area contributed by atoms with E-state index < -0.39 is 27.5 Å². The molecule has 1 fully saturated rings. The summed E-state index contributed by atoms with van der Waals surface area (Å²) in [7, 11) is 4.23. The van der Waals surface area contributed by atoms with Crippen molar-refractivity contribution in [3.8, 4) is 17.2 Å². The van der Waals surface area contributed by atoms with Gasteiger partial charge in [0.25, 0.3) is 11.8 Å². The van der Waals surface area contributed by atoms with Crippen molar-refractivity contribution >= 4 is 41.1 Å². The number of imide groups is 1. The molecule has 0 aromatic heterocycles. The van der Waals surface area contributed by atoms with Crippen LogP contribution in [0.1, 0.15) is 12.0 Å². The first-order valence-electron chi connectivity index (χ1n) is 8.81. The molecule has 29 heavy (non-hydrogen) atoms. The summed E-state index contributed by atoms with van der Waals surface area (Å²) in [5.74, 6) is -1.44. The topological polar surface area (TPSA) is 76.1 Å². The average Bonchev–Trinajstić information content (AvgIpc) is 2.85. The number of amides is 2. The van der Waals surface area contributed by atoms with Crippen molar-refractivity contribution in [3.05, 3.63) is 48.1 Å². The molecule has 0 radical (unpaired) electrons. The number of rotatable bonds is 5. The molecule has 3 rings (SSSR count). The largest absolute Gasteiger partial charge is 0.502 e. The number of carbonyl (C=O) groups excluding carboxylic acids is 2. The summed E-state index contributed by atoms with van der Waals surface area (Å²) >= 11 is 13.5. The van der Waals surface area contributed by atoms with Crippen molar-refractivity contribution in [1.82, 2.24) is 4.90 Å². The Labute approximate surface area is 179 Å². The second-order valence-electron chi connectivity index (χ2n) is 6.91. The minimum absolute atomic E-state index is 0.122. The van der Waals surface area contributed by atoms with Gasteiger partial charge in [-0.3, -0.25) is 14.5 Å². The van der Waals surface area contributed by atoms with Gasteiger partial charge in [-0.1, -0.05) is 30.9 Å². The number of carbonyl (C=O) groups is 2. The van der Waals surface area contributed by atoms with E-state index >= 15 is 0 Å². The number of phenolic OH excluding ortho intramolecular Hbond substituents is 1. The summed E-state index contributed by atoms with van der Waals surface area (Å²) in [5.41, 5.74) is 1.33. The van der Waals surface area contributed by atoms with Gasteiger partial charge >= 0.3 is 0 Å². The third kappa shape index (κ3) is 2.93. The lowest BCUT2D eigenvalue weighted by atomic mass is 9.71. The van der Waals surface area contributed by atoms with Crippen LogP contribution < -0.4 is 9.47 Å². The molecule has 2 amide bonds. The average molecular weight is 438 g/mol. The van der Waals surface area contributed by atoms with E-state index in [1.165, 1.54) is 21.3 Å². The van der Waals surface area contributed by atoms with E-state index in [4.69, 9.17) is 32.7 Å². The molecule has 1 aromatic carbocycles. The van der Waals surface area contributed by atoms with Crippen molar-refractivity contribution < 1.29 is 24.2 Å². The number of hydrogen-bond donors (Lipinski definition) is 1. The Bertz CT molecular complexity index is 931. The predicted molar refractivity (Wildman–Crippen MR) is 112 cm³/mol. The first kappa shape index (κ1) is 21.3. The SMILES string of the molecule is C=CC1=CC[C@@]2(Cl)C(=O)N(C)C(=O)[C@@]2(Cl)[C@H]1C=Cc1cc(OC)c(O)c(OC)c1. The molecule has 1 saturated heterocycles. The smallest absolute Gasteiger partial charge is 0.253 e. The van der Waals surface area contributed by atoms with E-state index in [1.54, 1.807) is 36.4 Å². The van der Waals surface area contributed by atoms with Gasteiger partial charge in [-0.2, -0.15) is 0 Å².